The minimum atomic E-state index is 0.0848. The van der Waals surface area contributed by atoms with E-state index in [1.54, 1.807) is 13.2 Å². The number of carbonyl (C=O) groups excluding carboxylic acids is 1. The molecule has 0 aromatic heterocycles. The van der Waals surface area contributed by atoms with Crippen molar-refractivity contribution in [1.29, 1.82) is 0 Å². The molecule has 0 aliphatic carbocycles. The molecule has 130 valence electrons. The maximum absolute atomic E-state index is 12.4. The molecule has 25 heavy (non-hydrogen) atoms. The number of methoxy groups -OCH3 is 1. The van der Waals surface area contributed by atoms with Crippen LogP contribution in [0.2, 0.25) is 0 Å². The topological polar surface area (TPSA) is 34.0 Å². The number of carbonyl (C=O) groups is 1. The Kier molecular flexibility index (Phi) is 5.86. The van der Waals surface area contributed by atoms with Crippen LogP contribution in [0.15, 0.2) is 60.7 Å². The lowest BCUT2D eigenvalue weighted by molar-refractivity contribution is -0.917. The van der Waals surface area contributed by atoms with Crippen molar-refractivity contribution in [2.24, 2.45) is 0 Å². The Morgan fingerprint density at radius 2 is 1.88 bits per heavy atom. The predicted octanol–water partition coefficient (Wildman–Crippen LogP) is 1.64. The van der Waals surface area contributed by atoms with Gasteiger partial charge in [0.2, 0.25) is 5.91 Å². The molecular weight excluding hydrogens is 312 g/mol. The van der Waals surface area contributed by atoms with Gasteiger partial charge in [-0.25, -0.2) is 0 Å². The van der Waals surface area contributed by atoms with Crippen molar-refractivity contribution in [3.05, 3.63) is 71.8 Å². The van der Waals surface area contributed by atoms with Gasteiger partial charge in [-0.1, -0.05) is 42.5 Å². The van der Waals surface area contributed by atoms with E-state index in [2.05, 4.69) is 24.3 Å². The minimum absolute atomic E-state index is 0.0848. The molecule has 1 N–H and O–H groups in total. The van der Waals surface area contributed by atoms with Gasteiger partial charge in [-0.2, -0.15) is 0 Å². The highest BCUT2D eigenvalue weighted by molar-refractivity contribution is 5.91. The molecule has 1 saturated heterocycles. The highest BCUT2D eigenvalue weighted by Gasteiger charge is 2.22. The second-order valence-electron chi connectivity index (χ2n) is 6.35. The van der Waals surface area contributed by atoms with Crippen LogP contribution in [0, 0.1) is 0 Å². The first-order valence-electron chi connectivity index (χ1n) is 8.73. The van der Waals surface area contributed by atoms with Crippen LogP contribution in [-0.4, -0.2) is 44.1 Å². The Bertz CT molecular complexity index is 720. The van der Waals surface area contributed by atoms with Crippen LogP contribution in [0.5, 0.6) is 5.75 Å². The van der Waals surface area contributed by atoms with Gasteiger partial charge in [0.1, 0.15) is 12.3 Å². The number of rotatable bonds is 5. The van der Waals surface area contributed by atoms with Crippen LogP contribution in [0.4, 0.5) is 0 Å². The molecule has 0 saturated carbocycles. The average molecular weight is 337 g/mol. The Labute approximate surface area is 149 Å². The number of amides is 1. The van der Waals surface area contributed by atoms with Crippen LogP contribution in [0.1, 0.15) is 11.1 Å². The number of piperazine rings is 1. The van der Waals surface area contributed by atoms with Gasteiger partial charge in [-0.15, -0.1) is 0 Å². The summed E-state index contributed by atoms with van der Waals surface area (Å²) in [4.78, 5) is 15.9. The Morgan fingerprint density at radius 3 is 2.60 bits per heavy atom. The summed E-state index contributed by atoms with van der Waals surface area (Å²) in [5.41, 5.74) is 2.33. The molecule has 1 aliphatic heterocycles. The maximum atomic E-state index is 12.4. The minimum Gasteiger partial charge on any atom is -0.497 e. The molecule has 0 bridgehead atoms. The van der Waals surface area contributed by atoms with Gasteiger partial charge in [0.15, 0.2) is 0 Å². The van der Waals surface area contributed by atoms with Crippen LogP contribution >= 0.6 is 0 Å². The molecule has 0 spiro atoms. The first kappa shape index (κ1) is 17.2. The largest absolute Gasteiger partial charge is 0.497 e. The van der Waals surface area contributed by atoms with E-state index in [1.165, 1.54) is 10.5 Å². The third-order valence-corrected chi connectivity index (χ3v) is 4.59. The van der Waals surface area contributed by atoms with Gasteiger partial charge in [-0.05, 0) is 23.8 Å². The third kappa shape index (κ3) is 4.94. The van der Waals surface area contributed by atoms with E-state index in [9.17, 15) is 4.79 Å². The van der Waals surface area contributed by atoms with Gasteiger partial charge < -0.3 is 14.5 Å². The zero-order valence-electron chi connectivity index (χ0n) is 14.7. The smallest absolute Gasteiger partial charge is 0.246 e. The molecular formula is C21H25N2O2+. The fourth-order valence-electron chi connectivity index (χ4n) is 3.12. The standard InChI is InChI=1S/C21H24N2O2/c1-25-20-9-5-8-18(16-20)10-11-21(24)23-14-12-22(13-15-23)17-19-6-3-2-4-7-19/h2-11,16H,12-15,17H2,1H3/p+1/b11-10+. The lowest BCUT2D eigenvalue weighted by atomic mass is 10.2. The summed E-state index contributed by atoms with van der Waals surface area (Å²) in [7, 11) is 1.64. The van der Waals surface area contributed by atoms with Gasteiger partial charge >= 0.3 is 0 Å². The summed E-state index contributed by atoms with van der Waals surface area (Å²) in [6.45, 7) is 4.64. The van der Waals surface area contributed by atoms with Crippen molar-refractivity contribution in [3.8, 4) is 5.75 Å². The van der Waals surface area contributed by atoms with Crippen molar-refractivity contribution >= 4 is 12.0 Å². The van der Waals surface area contributed by atoms with E-state index < -0.39 is 0 Å². The zero-order chi connectivity index (χ0) is 17.5. The second-order valence-corrected chi connectivity index (χ2v) is 6.35. The monoisotopic (exact) mass is 337 g/mol. The molecule has 3 rings (SSSR count). The summed E-state index contributed by atoms with van der Waals surface area (Å²) >= 11 is 0. The van der Waals surface area contributed by atoms with E-state index in [0.29, 0.717) is 0 Å². The van der Waals surface area contributed by atoms with Gasteiger partial charge in [0, 0.05) is 11.6 Å². The van der Waals surface area contributed by atoms with Crippen LogP contribution < -0.4 is 9.64 Å². The number of benzene rings is 2. The molecule has 4 heteroatoms. The van der Waals surface area contributed by atoms with Crippen molar-refractivity contribution in [2.75, 3.05) is 33.3 Å². The highest BCUT2D eigenvalue weighted by Crippen LogP contribution is 2.13. The highest BCUT2D eigenvalue weighted by atomic mass is 16.5. The predicted molar refractivity (Wildman–Crippen MR) is 99.5 cm³/mol. The van der Waals surface area contributed by atoms with Crippen LogP contribution in [-0.2, 0) is 11.3 Å². The summed E-state index contributed by atoms with van der Waals surface area (Å²) in [6.07, 6.45) is 3.52. The molecule has 0 atom stereocenters. The molecule has 4 nitrogen and oxygen atoms in total. The molecule has 2 aromatic carbocycles. The van der Waals surface area contributed by atoms with Gasteiger partial charge in [0.05, 0.1) is 33.3 Å². The number of quaternary nitrogens is 1. The van der Waals surface area contributed by atoms with E-state index in [0.717, 1.165) is 44.0 Å². The molecule has 1 amide bonds. The quantitative estimate of drug-likeness (QED) is 0.842. The molecule has 1 aliphatic rings. The third-order valence-electron chi connectivity index (χ3n) is 4.59. The normalized spacial score (nSPS) is 15.5. The first-order valence-corrected chi connectivity index (χ1v) is 8.73. The number of hydrogen-bond acceptors (Lipinski definition) is 2. The fourth-order valence-corrected chi connectivity index (χ4v) is 3.12. The van der Waals surface area contributed by atoms with Gasteiger partial charge in [0.25, 0.3) is 0 Å². The van der Waals surface area contributed by atoms with Gasteiger partial charge in [-0.3, -0.25) is 4.79 Å². The fraction of sp³-hybridized carbons (Fsp3) is 0.286. The van der Waals surface area contributed by atoms with Crippen LogP contribution in [0.25, 0.3) is 6.08 Å². The number of ether oxygens (including phenoxy) is 1. The van der Waals surface area contributed by atoms with E-state index in [1.807, 2.05) is 41.3 Å². The Hall–Kier alpha value is -2.59. The van der Waals surface area contributed by atoms with Crippen molar-refractivity contribution in [2.45, 2.75) is 6.54 Å². The van der Waals surface area contributed by atoms with E-state index in [-0.39, 0.29) is 5.91 Å². The Morgan fingerprint density at radius 1 is 1.12 bits per heavy atom. The average Bonchev–Trinajstić information content (AvgIpc) is 2.67. The number of nitrogens with one attached hydrogen (secondary N) is 1. The molecule has 1 fully saturated rings. The van der Waals surface area contributed by atoms with Crippen molar-refractivity contribution in [3.63, 3.8) is 0 Å². The van der Waals surface area contributed by atoms with Crippen molar-refractivity contribution in [1.82, 2.24) is 4.90 Å². The molecule has 1 heterocycles. The molecule has 2 aromatic rings. The molecule has 0 unspecified atom stereocenters. The maximum Gasteiger partial charge on any atom is 0.246 e. The number of hydrogen-bond donors (Lipinski definition) is 1. The van der Waals surface area contributed by atoms with E-state index >= 15 is 0 Å². The van der Waals surface area contributed by atoms with E-state index in [4.69, 9.17) is 4.74 Å². The van der Waals surface area contributed by atoms with Crippen LogP contribution in [0.3, 0.4) is 0 Å². The lowest BCUT2D eigenvalue weighted by Gasteiger charge is -2.31. The molecule has 0 radical (unpaired) electrons. The zero-order valence-corrected chi connectivity index (χ0v) is 14.7. The summed E-state index contributed by atoms with van der Waals surface area (Å²) in [5, 5.41) is 0. The number of nitrogens with zero attached hydrogens (tertiary/aromatic N) is 1. The summed E-state index contributed by atoms with van der Waals surface area (Å²) in [6, 6.07) is 18.3. The lowest BCUT2D eigenvalue weighted by Crippen LogP contribution is -3.13. The Balaban J connectivity index is 1.50. The SMILES string of the molecule is COc1cccc(/C=C/C(=O)N2CC[NH+](Cc3ccccc3)CC2)c1. The van der Waals surface area contributed by atoms with Crippen molar-refractivity contribution < 1.29 is 14.4 Å². The first-order chi connectivity index (χ1) is 12.2. The summed E-state index contributed by atoms with van der Waals surface area (Å²) < 4.78 is 5.21. The second kappa shape index (κ2) is 8.49. The summed E-state index contributed by atoms with van der Waals surface area (Å²) in [5.74, 6) is 0.884.